The number of benzene rings is 2. The lowest BCUT2D eigenvalue weighted by atomic mass is 10.0. The number of hydrogen-bond donors (Lipinski definition) is 16. The van der Waals surface area contributed by atoms with Gasteiger partial charge in [0, 0.05) is 42.8 Å². The Morgan fingerprint density at radius 2 is 1.10 bits per heavy atom. The second-order valence-corrected chi connectivity index (χ2v) is 18.6. The molecule has 30 heteroatoms. The summed E-state index contributed by atoms with van der Waals surface area (Å²) in [5.41, 5.74) is 12.4. The molecule has 432 valence electrons. The molecule has 1 fully saturated rings. The third-order valence-corrected chi connectivity index (χ3v) is 12.3. The van der Waals surface area contributed by atoms with Crippen molar-refractivity contribution in [2.45, 2.75) is 119 Å². The van der Waals surface area contributed by atoms with E-state index in [0.717, 1.165) is 10.9 Å². The number of amides is 11. The van der Waals surface area contributed by atoms with Crippen LogP contribution in [0.2, 0.25) is 0 Å². The fourth-order valence-corrected chi connectivity index (χ4v) is 8.14. The predicted octanol–water partition coefficient (Wildman–Crippen LogP) is -5.08. The van der Waals surface area contributed by atoms with Crippen LogP contribution >= 0.6 is 0 Å². The standard InChI is InChI=1S/C50H65N13O17/c1-25(57-46(75)30-12-7-17-53-30)43(72)61-35(21-42(70)71)49(78)63-34(20-38(52)65)48(77)62-33(18-26-8-3-2-4-9-26)47(76)60-32(14-16-41(68)69)45(74)56-23-39(66)58-31(13-15-37(51)64)44(73)55-24-40(67)59-36(50(79)80)19-27-22-54-29-11-6-5-10-28(27)29/h2-6,8-11,22,25,30-36,53-54H,7,12-21,23-24H2,1H3,(H2,51,64)(H2,52,65)(H,55,73)(H,56,74)(H,57,75)(H,58,66)(H,59,67)(H,60,76)(H,61,72)(H,62,77)(H,63,78)(H,68,69)(H,70,71)(H,79,80)/t25-,30-,31-,32-,33-,34-,35-,36-/m0/s1. The first-order valence-electron chi connectivity index (χ1n) is 25.1. The van der Waals surface area contributed by atoms with Crippen LogP contribution in [0.3, 0.4) is 0 Å². The van der Waals surface area contributed by atoms with E-state index in [1.165, 1.54) is 6.92 Å². The topological polar surface area (TPSA) is 488 Å². The van der Waals surface area contributed by atoms with Crippen LogP contribution in [0.15, 0.2) is 60.8 Å². The molecular weight excluding hydrogens is 1050 g/mol. The van der Waals surface area contributed by atoms with Gasteiger partial charge < -0.3 is 84.9 Å². The maximum absolute atomic E-state index is 14.1. The van der Waals surface area contributed by atoms with E-state index in [2.05, 4.69) is 58.2 Å². The number of carbonyl (C=O) groups is 14. The number of nitrogens with two attached hydrogens (primary N) is 2. The first kappa shape index (κ1) is 63.1. The van der Waals surface area contributed by atoms with Crippen molar-refractivity contribution in [1.29, 1.82) is 0 Å². The van der Waals surface area contributed by atoms with Gasteiger partial charge in [-0.15, -0.1) is 0 Å². The van der Waals surface area contributed by atoms with Gasteiger partial charge in [0.1, 0.15) is 42.3 Å². The molecule has 0 saturated carbocycles. The summed E-state index contributed by atoms with van der Waals surface area (Å²) < 4.78 is 0. The number of aromatic nitrogens is 1. The third-order valence-electron chi connectivity index (χ3n) is 12.3. The molecule has 0 spiro atoms. The zero-order valence-corrected chi connectivity index (χ0v) is 43.3. The smallest absolute Gasteiger partial charge is 0.326 e. The Hall–Kier alpha value is -9.48. The van der Waals surface area contributed by atoms with Crippen molar-refractivity contribution >= 4 is 93.8 Å². The van der Waals surface area contributed by atoms with Gasteiger partial charge in [0.15, 0.2) is 0 Å². The number of primary amides is 2. The molecule has 1 saturated heterocycles. The number of hydrogen-bond acceptors (Lipinski definition) is 15. The van der Waals surface area contributed by atoms with E-state index in [9.17, 15) is 82.4 Å². The van der Waals surface area contributed by atoms with E-state index in [1.807, 2.05) is 0 Å². The van der Waals surface area contributed by atoms with Crippen molar-refractivity contribution in [3.05, 3.63) is 71.9 Å². The molecule has 1 aliphatic heterocycles. The summed E-state index contributed by atoms with van der Waals surface area (Å²) in [4.78, 5) is 183. The summed E-state index contributed by atoms with van der Waals surface area (Å²) in [5, 5.41) is 53.1. The number of rotatable bonds is 33. The minimum atomic E-state index is -1.92. The van der Waals surface area contributed by atoms with Gasteiger partial charge in [-0.05, 0) is 56.3 Å². The van der Waals surface area contributed by atoms with Crippen molar-refractivity contribution in [2.24, 2.45) is 11.5 Å². The van der Waals surface area contributed by atoms with Crippen molar-refractivity contribution in [3.8, 4) is 0 Å². The largest absolute Gasteiger partial charge is 0.481 e. The van der Waals surface area contributed by atoms with Crippen LogP contribution in [-0.2, 0) is 80.0 Å². The van der Waals surface area contributed by atoms with E-state index in [4.69, 9.17) is 11.5 Å². The molecule has 0 unspecified atom stereocenters. The molecule has 1 aromatic heterocycles. The van der Waals surface area contributed by atoms with Crippen molar-refractivity contribution in [3.63, 3.8) is 0 Å². The average molecular weight is 1120 g/mol. The lowest BCUT2D eigenvalue weighted by molar-refractivity contribution is -0.142. The van der Waals surface area contributed by atoms with E-state index in [1.54, 1.807) is 60.8 Å². The van der Waals surface area contributed by atoms with Crippen LogP contribution in [0, 0.1) is 0 Å². The van der Waals surface area contributed by atoms with Gasteiger partial charge in [-0.25, -0.2) is 4.79 Å². The molecule has 2 heterocycles. The fraction of sp³-hybridized carbons (Fsp3) is 0.440. The highest BCUT2D eigenvalue weighted by atomic mass is 16.4. The number of fused-ring (bicyclic) bond motifs is 1. The summed E-state index contributed by atoms with van der Waals surface area (Å²) in [6.07, 6.45) is -1.83. The Labute approximate surface area is 455 Å². The number of carboxylic acids is 3. The van der Waals surface area contributed by atoms with Crippen molar-refractivity contribution < 1.29 is 82.4 Å². The Balaban J connectivity index is 1.44. The molecule has 0 bridgehead atoms. The van der Waals surface area contributed by atoms with Gasteiger partial charge in [0.05, 0.1) is 32.0 Å². The van der Waals surface area contributed by atoms with Gasteiger partial charge in [-0.1, -0.05) is 48.5 Å². The summed E-state index contributed by atoms with van der Waals surface area (Å²) in [7, 11) is 0. The highest BCUT2D eigenvalue weighted by molar-refractivity contribution is 6.00. The monoisotopic (exact) mass is 1120 g/mol. The fourth-order valence-electron chi connectivity index (χ4n) is 8.14. The molecule has 1 aliphatic rings. The van der Waals surface area contributed by atoms with Crippen LogP contribution in [0.1, 0.15) is 69.4 Å². The number of nitrogens with one attached hydrogen (secondary N) is 11. The first-order valence-corrected chi connectivity index (χ1v) is 25.1. The third kappa shape index (κ3) is 21.2. The van der Waals surface area contributed by atoms with E-state index in [0.29, 0.717) is 30.5 Å². The second-order valence-electron chi connectivity index (χ2n) is 18.6. The average Bonchev–Trinajstić information content (AvgIpc) is 4.10. The number of aliphatic carboxylic acids is 3. The lowest BCUT2D eigenvalue weighted by Gasteiger charge is -2.26. The Bertz CT molecular complexity index is 2780. The number of para-hydroxylation sites is 1. The molecule has 3 aromatic rings. The molecule has 11 amide bonds. The highest BCUT2D eigenvalue weighted by Crippen LogP contribution is 2.19. The zero-order valence-electron chi connectivity index (χ0n) is 43.3. The van der Waals surface area contributed by atoms with E-state index < -0.39 is 183 Å². The molecule has 8 atom stereocenters. The second kappa shape index (κ2) is 31.1. The van der Waals surface area contributed by atoms with E-state index in [-0.39, 0.29) is 12.8 Å². The lowest BCUT2D eigenvalue weighted by Crippen LogP contribution is -2.60. The van der Waals surface area contributed by atoms with Crippen LogP contribution in [0.5, 0.6) is 0 Å². The number of carboxylic acid groups (broad SMARTS) is 3. The SMILES string of the molecule is C[C@H](NC(=O)[C@@H]1CCCN1)C(=O)N[C@@H](CC(=O)O)C(=O)N[C@@H](CC(N)=O)C(=O)N[C@@H](Cc1ccccc1)C(=O)N[C@@H](CCC(=O)O)C(=O)NCC(=O)N[C@@H](CCC(N)=O)C(=O)NCC(=O)N[C@@H](Cc1c[nH]c2ccccc12)C(=O)O. The molecule has 80 heavy (non-hydrogen) atoms. The maximum Gasteiger partial charge on any atom is 0.326 e. The maximum atomic E-state index is 14.1. The normalized spacial score (nSPS) is 15.3. The Morgan fingerprint density at radius 1 is 0.562 bits per heavy atom. The number of H-pyrrole nitrogens is 1. The zero-order chi connectivity index (χ0) is 59.1. The quantitative estimate of drug-likeness (QED) is 0.0271. The van der Waals surface area contributed by atoms with Gasteiger partial charge in [-0.3, -0.25) is 62.3 Å². The van der Waals surface area contributed by atoms with Gasteiger partial charge in [0.25, 0.3) is 0 Å². The minimum absolute atomic E-state index is 0.124. The predicted molar refractivity (Wildman–Crippen MR) is 277 cm³/mol. The van der Waals surface area contributed by atoms with Gasteiger partial charge in [0.2, 0.25) is 65.0 Å². The molecule has 2 aromatic carbocycles. The highest BCUT2D eigenvalue weighted by Gasteiger charge is 2.35. The van der Waals surface area contributed by atoms with Gasteiger partial charge >= 0.3 is 17.9 Å². The molecule has 0 radical (unpaired) electrons. The number of aromatic amines is 1. The van der Waals surface area contributed by atoms with Crippen LogP contribution in [0.25, 0.3) is 10.9 Å². The van der Waals surface area contributed by atoms with Crippen LogP contribution < -0.4 is 64.6 Å². The summed E-state index contributed by atoms with van der Waals surface area (Å²) in [5.74, 6) is -15.7. The van der Waals surface area contributed by atoms with Crippen LogP contribution in [-0.4, -0.2) is 171 Å². The van der Waals surface area contributed by atoms with E-state index >= 15 is 0 Å². The van der Waals surface area contributed by atoms with Crippen LogP contribution in [0.4, 0.5) is 0 Å². The summed E-state index contributed by atoms with van der Waals surface area (Å²) >= 11 is 0. The Kier molecular flexibility index (Phi) is 24.5. The summed E-state index contributed by atoms with van der Waals surface area (Å²) in [6.45, 7) is 0.149. The number of carbonyl (C=O) groups excluding carboxylic acids is 11. The Morgan fingerprint density at radius 3 is 1.68 bits per heavy atom. The molecule has 30 nitrogen and oxygen atoms in total. The summed E-state index contributed by atoms with van der Waals surface area (Å²) in [6, 6.07) is 2.88. The molecular formula is C50H65N13O17. The van der Waals surface area contributed by atoms with Crippen molar-refractivity contribution in [2.75, 3.05) is 19.6 Å². The molecule has 0 aliphatic carbocycles. The molecule has 18 N–H and O–H groups in total. The first-order chi connectivity index (χ1) is 37.9. The minimum Gasteiger partial charge on any atom is -0.481 e. The van der Waals surface area contributed by atoms with Crippen molar-refractivity contribution in [1.82, 2.24) is 58.2 Å². The molecule has 4 rings (SSSR count). The van der Waals surface area contributed by atoms with Gasteiger partial charge in [-0.2, -0.15) is 0 Å².